The van der Waals surface area contributed by atoms with E-state index in [1.165, 1.54) is 12.1 Å². The number of carbonyl (C=O) groups excluding carboxylic acids is 1. The topological polar surface area (TPSA) is 63.1 Å². The first-order valence-corrected chi connectivity index (χ1v) is 10.2. The van der Waals surface area contributed by atoms with E-state index in [4.69, 9.17) is 0 Å². The Kier molecular flexibility index (Phi) is 5.66. The Balaban J connectivity index is 1.27. The van der Waals surface area contributed by atoms with Crippen molar-refractivity contribution in [3.63, 3.8) is 0 Å². The van der Waals surface area contributed by atoms with Crippen molar-refractivity contribution in [2.24, 2.45) is 5.92 Å². The van der Waals surface area contributed by atoms with Crippen LogP contribution in [0.2, 0.25) is 0 Å². The van der Waals surface area contributed by atoms with Crippen molar-refractivity contribution < 1.29 is 9.18 Å². The number of nitrogens with zero attached hydrogens (tertiary/aromatic N) is 4. The molecule has 0 spiro atoms. The molecule has 1 fully saturated rings. The molecule has 0 saturated carbocycles. The summed E-state index contributed by atoms with van der Waals surface area (Å²) in [5.41, 5.74) is 1.73. The Morgan fingerprint density at radius 3 is 2.93 bits per heavy atom. The first-order chi connectivity index (χ1) is 13.7. The number of anilines is 1. The second kappa shape index (κ2) is 8.52. The number of amides is 1. The van der Waals surface area contributed by atoms with Gasteiger partial charge in [-0.05, 0) is 36.5 Å². The number of carbonyl (C=O) groups is 1. The average molecular weight is 399 g/mol. The van der Waals surface area contributed by atoms with Crippen molar-refractivity contribution in [1.29, 1.82) is 0 Å². The molecule has 8 heteroatoms. The summed E-state index contributed by atoms with van der Waals surface area (Å²) >= 11 is 1.65. The van der Waals surface area contributed by atoms with Crippen molar-refractivity contribution in [1.82, 2.24) is 20.1 Å². The second-order valence-electron chi connectivity index (χ2n) is 7.01. The number of benzene rings is 1. The highest BCUT2D eigenvalue weighted by atomic mass is 32.1. The fraction of sp³-hybridized carbons (Fsp3) is 0.350. The monoisotopic (exact) mass is 399 g/mol. The van der Waals surface area contributed by atoms with E-state index in [0.29, 0.717) is 12.5 Å². The number of aromatic nitrogens is 3. The maximum atomic E-state index is 13.0. The molecule has 1 amide bonds. The number of thiazole rings is 1. The van der Waals surface area contributed by atoms with Gasteiger partial charge in [0, 0.05) is 43.0 Å². The van der Waals surface area contributed by atoms with Crippen LogP contribution in [0.4, 0.5) is 9.52 Å². The third-order valence-corrected chi connectivity index (χ3v) is 5.75. The number of halogens is 1. The maximum Gasteiger partial charge on any atom is 0.241 e. The lowest BCUT2D eigenvalue weighted by atomic mass is 9.98. The molecule has 1 N–H and O–H groups in total. The zero-order valence-electron chi connectivity index (χ0n) is 15.4. The van der Waals surface area contributed by atoms with Gasteiger partial charge in [-0.3, -0.25) is 9.48 Å². The van der Waals surface area contributed by atoms with Crippen LogP contribution in [0.3, 0.4) is 0 Å². The van der Waals surface area contributed by atoms with Gasteiger partial charge in [0.15, 0.2) is 5.13 Å². The van der Waals surface area contributed by atoms with Gasteiger partial charge < -0.3 is 10.2 Å². The highest BCUT2D eigenvalue weighted by molar-refractivity contribution is 7.13. The van der Waals surface area contributed by atoms with Gasteiger partial charge >= 0.3 is 0 Å². The van der Waals surface area contributed by atoms with Crippen molar-refractivity contribution in [2.45, 2.75) is 19.4 Å². The molecular formula is C20H22FN5OS. The Morgan fingerprint density at radius 1 is 1.29 bits per heavy atom. The lowest BCUT2D eigenvalue weighted by Gasteiger charge is -2.32. The van der Waals surface area contributed by atoms with Crippen LogP contribution in [-0.2, 0) is 11.3 Å². The minimum atomic E-state index is -0.272. The largest absolute Gasteiger partial charge is 0.354 e. The van der Waals surface area contributed by atoms with Gasteiger partial charge in [-0.25, -0.2) is 9.37 Å². The third kappa shape index (κ3) is 4.56. The van der Waals surface area contributed by atoms with Crippen molar-refractivity contribution in [3.05, 3.63) is 54.1 Å². The smallest absolute Gasteiger partial charge is 0.241 e. The number of piperidine rings is 1. The standard InChI is InChI=1S/C20H22FN5OS/c21-18-5-3-16(4-6-18)17-11-24-26(13-17)14-19(27)23-10-15-2-1-8-25(12-15)20-22-7-9-28-20/h3-7,9,11,13,15H,1-2,8,10,12,14H2,(H,23,27). The molecule has 1 aromatic carbocycles. The summed E-state index contributed by atoms with van der Waals surface area (Å²) < 4.78 is 14.7. The highest BCUT2D eigenvalue weighted by Gasteiger charge is 2.22. The summed E-state index contributed by atoms with van der Waals surface area (Å²) in [4.78, 5) is 19.0. The van der Waals surface area contributed by atoms with Crippen LogP contribution >= 0.6 is 11.3 Å². The van der Waals surface area contributed by atoms with Crippen LogP contribution < -0.4 is 10.2 Å². The Hall–Kier alpha value is -2.74. The first-order valence-electron chi connectivity index (χ1n) is 9.37. The van der Waals surface area contributed by atoms with Crippen molar-refractivity contribution in [2.75, 3.05) is 24.5 Å². The molecule has 0 aliphatic carbocycles. The molecule has 0 radical (unpaired) electrons. The van der Waals surface area contributed by atoms with E-state index < -0.39 is 0 Å². The molecule has 3 heterocycles. The maximum absolute atomic E-state index is 13.0. The Labute approximate surface area is 167 Å². The van der Waals surface area contributed by atoms with Crippen LogP contribution in [0.5, 0.6) is 0 Å². The van der Waals surface area contributed by atoms with Gasteiger partial charge in [0.05, 0.1) is 6.20 Å². The van der Waals surface area contributed by atoms with E-state index in [9.17, 15) is 9.18 Å². The summed E-state index contributed by atoms with van der Waals surface area (Å²) in [6.07, 6.45) is 7.54. The zero-order chi connectivity index (χ0) is 19.3. The molecule has 3 aromatic rings. The predicted molar refractivity (Wildman–Crippen MR) is 108 cm³/mol. The van der Waals surface area contributed by atoms with E-state index in [1.807, 2.05) is 11.6 Å². The molecule has 1 aliphatic rings. The molecule has 1 aliphatic heterocycles. The Morgan fingerprint density at radius 2 is 2.14 bits per heavy atom. The molecule has 1 unspecified atom stereocenters. The number of nitrogens with one attached hydrogen (secondary N) is 1. The fourth-order valence-corrected chi connectivity index (χ4v) is 4.16. The summed E-state index contributed by atoms with van der Waals surface area (Å²) in [7, 11) is 0. The first kappa shape index (κ1) is 18.6. The van der Waals surface area contributed by atoms with E-state index >= 15 is 0 Å². The van der Waals surface area contributed by atoms with Crippen LogP contribution in [0.1, 0.15) is 12.8 Å². The number of hydrogen-bond donors (Lipinski definition) is 1. The van der Waals surface area contributed by atoms with E-state index in [2.05, 4.69) is 20.3 Å². The van der Waals surface area contributed by atoms with Crippen LogP contribution in [0.25, 0.3) is 11.1 Å². The summed E-state index contributed by atoms with van der Waals surface area (Å²) in [5, 5.41) is 10.3. The fourth-order valence-electron chi connectivity index (χ4n) is 3.48. The second-order valence-corrected chi connectivity index (χ2v) is 7.88. The van der Waals surface area contributed by atoms with E-state index in [1.54, 1.807) is 40.5 Å². The third-order valence-electron chi connectivity index (χ3n) is 4.91. The molecule has 28 heavy (non-hydrogen) atoms. The van der Waals surface area contributed by atoms with Gasteiger partial charge in [0.2, 0.25) is 5.91 Å². The zero-order valence-corrected chi connectivity index (χ0v) is 16.2. The predicted octanol–water partition coefficient (Wildman–Crippen LogP) is 3.18. The van der Waals surface area contributed by atoms with Gasteiger partial charge in [0.25, 0.3) is 0 Å². The lowest BCUT2D eigenvalue weighted by Crippen LogP contribution is -2.41. The summed E-state index contributed by atoms with van der Waals surface area (Å²) in [6, 6.07) is 6.24. The molecule has 1 saturated heterocycles. The summed E-state index contributed by atoms with van der Waals surface area (Å²) in [6.45, 7) is 2.78. The SMILES string of the molecule is O=C(Cn1cc(-c2ccc(F)cc2)cn1)NCC1CCCN(c2nccs2)C1. The number of hydrogen-bond acceptors (Lipinski definition) is 5. The van der Waals surface area contributed by atoms with E-state index in [0.717, 1.165) is 42.2 Å². The molecule has 0 bridgehead atoms. The Bertz CT molecular complexity index is 909. The van der Waals surface area contributed by atoms with Crippen LogP contribution in [0.15, 0.2) is 48.2 Å². The molecule has 2 aromatic heterocycles. The highest BCUT2D eigenvalue weighted by Crippen LogP contribution is 2.24. The van der Waals surface area contributed by atoms with Crippen molar-refractivity contribution in [3.8, 4) is 11.1 Å². The normalized spacial score (nSPS) is 16.9. The van der Waals surface area contributed by atoms with E-state index in [-0.39, 0.29) is 18.3 Å². The average Bonchev–Trinajstić information content (AvgIpc) is 3.40. The summed E-state index contributed by atoms with van der Waals surface area (Å²) in [5.74, 6) is 0.0979. The van der Waals surface area contributed by atoms with Gasteiger partial charge in [-0.2, -0.15) is 5.10 Å². The van der Waals surface area contributed by atoms with Crippen molar-refractivity contribution >= 4 is 22.4 Å². The van der Waals surface area contributed by atoms with Crippen LogP contribution in [0, 0.1) is 11.7 Å². The minimum Gasteiger partial charge on any atom is -0.354 e. The van der Waals surface area contributed by atoms with Crippen LogP contribution in [-0.4, -0.2) is 40.3 Å². The molecule has 4 rings (SSSR count). The molecule has 6 nitrogen and oxygen atoms in total. The van der Waals surface area contributed by atoms with Gasteiger partial charge in [-0.15, -0.1) is 11.3 Å². The van der Waals surface area contributed by atoms with Gasteiger partial charge in [-0.1, -0.05) is 12.1 Å². The molecular weight excluding hydrogens is 377 g/mol. The number of rotatable bonds is 6. The quantitative estimate of drug-likeness (QED) is 0.692. The molecule has 146 valence electrons. The minimum absolute atomic E-state index is 0.0554. The van der Waals surface area contributed by atoms with Gasteiger partial charge in [0.1, 0.15) is 12.4 Å². The lowest BCUT2D eigenvalue weighted by molar-refractivity contribution is -0.122. The molecule has 1 atom stereocenters.